The van der Waals surface area contributed by atoms with Crippen LogP contribution in [0.25, 0.3) is 16.6 Å². The van der Waals surface area contributed by atoms with Crippen LogP contribution in [0.4, 0.5) is 16.2 Å². The molecule has 4 heterocycles. The van der Waals surface area contributed by atoms with Crippen LogP contribution >= 0.6 is 0 Å². The molecule has 1 saturated heterocycles. The number of hydrogen-bond donors (Lipinski definition) is 0. The highest BCUT2D eigenvalue weighted by atomic mass is 19.1. The van der Waals surface area contributed by atoms with Gasteiger partial charge in [0.1, 0.15) is 23.4 Å². The minimum Gasteiger partial charge on any atom is -0.497 e. The summed E-state index contributed by atoms with van der Waals surface area (Å²) in [5.74, 6) is 2.31. The molecule has 6 rings (SSSR count). The first-order valence-corrected chi connectivity index (χ1v) is 12.6. The molecule has 8 nitrogen and oxygen atoms in total. The second-order valence-corrected chi connectivity index (χ2v) is 9.44. The average molecular weight is 510 g/mol. The third-order valence-electron chi connectivity index (χ3n) is 7.18. The van der Waals surface area contributed by atoms with Gasteiger partial charge in [0.15, 0.2) is 5.82 Å². The van der Waals surface area contributed by atoms with E-state index in [1.54, 1.807) is 13.4 Å². The maximum atomic E-state index is 13.3. The maximum Gasteiger partial charge on any atom is 0.225 e. The molecule has 0 N–H and O–H groups in total. The van der Waals surface area contributed by atoms with E-state index in [0.717, 1.165) is 71.5 Å². The molecule has 0 spiro atoms. The zero-order valence-electron chi connectivity index (χ0n) is 21.3. The van der Waals surface area contributed by atoms with Crippen LogP contribution < -0.4 is 14.5 Å². The number of halogens is 1. The van der Waals surface area contributed by atoms with Crippen molar-refractivity contribution in [3.63, 3.8) is 0 Å². The number of piperazine rings is 1. The molecule has 2 aromatic carbocycles. The summed E-state index contributed by atoms with van der Waals surface area (Å²) in [5, 5.41) is 4.44. The molecule has 9 heteroatoms. The Morgan fingerprint density at radius 1 is 0.842 bits per heavy atom. The minimum atomic E-state index is -0.233. The molecule has 1 atom stereocenters. The monoisotopic (exact) mass is 509 g/mol. The lowest BCUT2D eigenvalue weighted by Gasteiger charge is -2.35. The Morgan fingerprint density at radius 2 is 1.58 bits per heavy atom. The fourth-order valence-corrected chi connectivity index (χ4v) is 4.90. The van der Waals surface area contributed by atoms with Gasteiger partial charge in [0.2, 0.25) is 5.95 Å². The number of nitrogens with zero attached hydrogens (tertiary/aromatic N) is 7. The number of aromatic nitrogens is 5. The third kappa shape index (κ3) is 4.63. The summed E-state index contributed by atoms with van der Waals surface area (Å²) < 4.78 is 20.5. The Hall–Kier alpha value is -4.53. The zero-order valence-corrected chi connectivity index (χ0v) is 21.3. The van der Waals surface area contributed by atoms with Crippen molar-refractivity contribution in [1.29, 1.82) is 0 Å². The van der Waals surface area contributed by atoms with Crippen molar-refractivity contribution in [2.45, 2.75) is 12.8 Å². The van der Waals surface area contributed by atoms with Gasteiger partial charge in [-0.15, -0.1) is 0 Å². The van der Waals surface area contributed by atoms with Crippen molar-refractivity contribution in [3.8, 4) is 16.9 Å². The normalized spacial score (nSPS) is 14.6. The number of methoxy groups -OCH3 is 1. The lowest BCUT2D eigenvalue weighted by molar-refractivity contribution is 0.415. The summed E-state index contributed by atoms with van der Waals surface area (Å²) in [5.41, 5.74) is 5.14. The molecular weight excluding hydrogens is 481 g/mol. The number of ether oxygens (including phenoxy) is 1. The van der Waals surface area contributed by atoms with Crippen LogP contribution in [0.1, 0.15) is 24.0 Å². The summed E-state index contributed by atoms with van der Waals surface area (Å²) in [6.45, 7) is 5.24. The van der Waals surface area contributed by atoms with E-state index in [1.165, 1.54) is 12.1 Å². The van der Waals surface area contributed by atoms with Gasteiger partial charge in [-0.05, 0) is 47.0 Å². The van der Waals surface area contributed by atoms with E-state index in [4.69, 9.17) is 4.74 Å². The van der Waals surface area contributed by atoms with Gasteiger partial charge in [0.25, 0.3) is 0 Å². The van der Waals surface area contributed by atoms with Crippen molar-refractivity contribution in [2.75, 3.05) is 43.1 Å². The molecule has 38 heavy (non-hydrogen) atoms. The van der Waals surface area contributed by atoms with Crippen LogP contribution in [-0.4, -0.2) is 57.9 Å². The highest BCUT2D eigenvalue weighted by Crippen LogP contribution is 2.30. The maximum absolute atomic E-state index is 13.3. The SMILES string of the molecule is COc1cccc(-c2cc3c(N4CCN(c5ncc([C@H](C)c6ccc(F)cc6)cn5)CC4)ncnn3c2)c1. The molecule has 0 unspecified atom stereocenters. The fourth-order valence-electron chi connectivity index (χ4n) is 4.90. The molecule has 0 radical (unpaired) electrons. The molecule has 0 bridgehead atoms. The van der Waals surface area contributed by atoms with Gasteiger partial charge in [-0.2, -0.15) is 5.10 Å². The molecule has 192 valence electrons. The lowest BCUT2D eigenvalue weighted by Crippen LogP contribution is -2.47. The van der Waals surface area contributed by atoms with Crippen molar-refractivity contribution >= 4 is 17.3 Å². The Bertz CT molecular complexity index is 1540. The summed E-state index contributed by atoms with van der Waals surface area (Å²) >= 11 is 0. The first-order chi connectivity index (χ1) is 18.6. The molecule has 1 aliphatic rings. The van der Waals surface area contributed by atoms with Gasteiger partial charge in [-0.3, -0.25) is 0 Å². The first-order valence-electron chi connectivity index (χ1n) is 12.6. The topological polar surface area (TPSA) is 71.7 Å². The highest BCUT2D eigenvalue weighted by Gasteiger charge is 2.23. The van der Waals surface area contributed by atoms with E-state index in [1.807, 2.05) is 53.4 Å². The summed E-state index contributed by atoms with van der Waals surface area (Å²) in [6.07, 6.45) is 7.37. The van der Waals surface area contributed by atoms with Gasteiger partial charge < -0.3 is 14.5 Å². The van der Waals surface area contributed by atoms with E-state index in [2.05, 4.69) is 48.9 Å². The summed E-state index contributed by atoms with van der Waals surface area (Å²) in [7, 11) is 1.67. The van der Waals surface area contributed by atoms with E-state index in [9.17, 15) is 4.39 Å². The molecule has 0 aliphatic carbocycles. The molecule has 1 fully saturated rings. The standard InChI is InChI=1S/C29H28FN7O/c1-20(21-6-8-25(30)9-7-21)24-16-31-29(32-17-24)36-12-10-35(11-13-36)28-27-15-23(18-37(27)34-19-33-28)22-4-3-5-26(14-22)38-2/h3-9,14-20H,10-13H2,1-2H3/t20-/m1/s1. The van der Waals surface area contributed by atoms with Crippen molar-refractivity contribution in [1.82, 2.24) is 24.6 Å². The predicted octanol–water partition coefficient (Wildman–Crippen LogP) is 4.81. The van der Waals surface area contributed by atoms with E-state index in [0.29, 0.717) is 0 Å². The fraction of sp³-hybridized carbons (Fsp3) is 0.241. The highest BCUT2D eigenvalue weighted by molar-refractivity contribution is 5.78. The molecule has 0 saturated carbocycles. The minimum absolute atomic E-state index is 0.0885. The third-order valence-corrected chi connectivity index (χ3v) is 7.18. The quantitative estimate of drug-likeness (QED) is 0.325. The number of anilines is 2. The summed E-state index contributed by atoms with van der Waals surface area (Å²) in [4.78, 5) is 18.4. The van der Waals surface area contributed by atoms with Crippen LogP contribution in [0, 0.1) is 5.82 Å². The Balaban J connectivity index is 1.15. The Morgan fingerprint density at radius 3 is 2.32 bits per heavy atom. The molecular formula is C29H28FN7O. The number of rotatable bonds is 6. The number of benzene rings is 2. The van der Waals surface area contributed by atoms with Crippen molar-refractivity contribution in [3.05, 3.63) is 96.5 Å². The van der Waals surface area contributed by atoms with Gasteiger partial charge in [0.05, 0.1) is 7.11 Å². The first kappa shape index (κ1) is 23.8. The van der Waals surface area contributed by atoms with Gasteiger partial charge in [-0.1, -0.05) is 31.2 Å². The molecule has 0 amide bonds. The molecule has 5 aromatic rings. The van der Waals surface area contributed by atoms with Crippen LogP contribution in [0.2, 0.25) is 0 Å². The smallest absolute Gasteiger partial charge is 0.225 e. The summed E-state index contributed by atoms with van der Waals surface area (Å²) in [6, 6.07) is 16.7. The largest absolute Gasteiger partial charge is 0.497 e. The number of hydrogen-bond acceptors (Lipinski definition) is 7. The van der Waals surface area contributed by atoms with Crippen LogP contribution in [0.15, 0.2) is 79.5 Å². The lowest BCUT2D eigenvalue weighted by atomic mass is 9.95. The van der Waals surface area contributed by atoms with Crippen LogP contribution in [-0.2, 0) is 0 Å². The molecule has 3 aromatic heterocycles. The Labute approximate surface area is 220 Å². The predicted molar refractivity (Wildman–Crippen MR) is 145 cm³/mol. The van der Waals surface area contributed by atoms with Crippen molar-refractivity contribution < 1.29 is 9.13 Å². The van der Waals surface area contributed by atoms with E-state index in [-0.39, 0.29) is 11.7 Å². The average Bonchev–Trinajstić information content (AvgIpc) is 3.42. The Kier molecular flexibility index (Phi) is 6.33. The van der Waals surface area contributed by atoms with Crippen LogP contribution in [0.5, 0.6) is 5.75 Å². The number of fused-ring (bicyclic) bond motifs is 1. The molecule has 1 aliphatic heterocycles. The second-order valence-electron chi connectivity index (χ2n) is 9.44. The van der Waals surface area contributed by atoms with Gasteiger partial charge in [-0.25, -0.2) is 23.9 Å². The van der Waals surface area contributed by atoms with Crippen LogP contribution in [0.3, 0.4) is 0 Å². The van der Waals surface area contributed by atoms with Crippen molar-refractivity contribution in [2.24, 2.45) is 0 Å². The zero-order chi connectivity index (χ0) is 26.1. The van der Waals surface area contributed by atoms with Gasteiger partial charge >= 0.3 is 0 Å². The van der Waals surface area contributed by atoms with Gasteiger partial charge in [0, 0.05) is 56.3 Å². The van der Waals surface area contributed by atoms with E-state index >= 15 is 0 Å². The van der Waals surface area contributed by atoms with E-state index < -0.39 is 0 Å². The second kappa shape index (κ2) is 10.1.